The lowest BCUT2D eigenvalue weighted by atomic mass is 9.94. The number of carbonyl (C=O) groups is 1. The van der Waals surface area contributed by atoms with Gasteiger partial charge in [-0.05, 0) is 37.0 Å². The summed E-state index contributed by atoms with van der Waals surface area (Å²) in [5.41, 5.74) is 1.01. The molecule has 1 aliphatic rings. The number of allylic oxidation sites excluding steroid dienone is 2. The van der Waals surface area contributed by atoms with Crippen molar-refractivity contribution < 1.29 is 19.4 Å². The molecular weight excluding hydrogens is 294 g/mol. The maximum absolute atomic E-state index is 11.9. The number of hydrogen-bond donors (Lipinski definition) is 2. The van der Waals surface area contributed by atoms with Crippen LogP contribution in [0.3, 0.4) is 0 Å². The molecule has 0 spiro atoms. The Balaban J connectivity index is 1.61. The van der Waals surface area contributed by atoms with E-state index in [-0.39, 0.29) is 25.0 Å². The van der Waals surface area contributed by atoms with Crippen molar-refractivity contribution in [2.24, 2.45) is 5.92 Å². The fourth-order valence-corrected chi connectivity index (χ4v) is 2.49. The zero-order valence-electron chi connectivity index (χ0n) is 13.5. The van der Waals surface area contributed by atoms with E-state index in [0.717, 1.165) is 30.6 Å². The highest BCUT2D eigenvalue weighted by molar-refractivity contribution is 5.78. The lowest BCUT2D eigenvalue weighted by Gasteiger charge is -2.19. The van der Waals surface area contributed by atoms with Gasteiger partial charge in [0.05, 0.1) is 26.4 Å². The van der Waals surface area contributed by atoms with E-state index in [1.165, 1.54) is 0 Å². The highest BCUT2D eigenvalue weighted by atomic mass is 16.5. The molecule has 1 aromatic rings. The maximum atomic E-state index is 11.9. The number of benzene rings is 1. The second-order valence-electron chi connectivity index (χ2n) is 5.74. The normalized spacial score (nSPS) is 18.4. The smallest absolute Gasteiger partial charge is 0.223 e. The third-order valence-corrected chi connectivity index (χ3v) is 3.89. The van der Waals surface area contributed by atoms with E-state index >= 15 is 0 Å². The molecular formula is C18H25NO4. The summed E-state index contributed by atoms with van der Waals surface area (Å²) in [4.78, 5) is 11.9. The SMILES string of the molecule is COc1ccc(COC[C@@H](O)CNC(=O)[C@@H]2CC=CCC2)cc1. The number of methoxy groups -OCH3 is 1. The Morgan fingerprint density at radius 3 is 2.78 bits per heavy atom. The first-order chi connectivity index (χ1) is 11.2. The van der Waals surface area contributed by atoms with Crippen LogP contribution in [0, 0.1) is 5.92 Å². The Kier molecular flexibility index (Phi) is 7.10. The fourth-order valence-electron chi connectivity index (χ4n) is 2.49. The van der Waals surface area contributed by atoms with Crippen molar-refractivity contribution in [1.82, 2.24) is 5.32 Å². The Bertz CT molecular complexity index is 512. The molecule has 2 N–H and O–H groups in total. The van der Waals surface area contributed by atoms with Crippen LogP contribution in [0.2, 0.25) is 0 Å². The monoisotopic (exact) mass is 319 g/mol. The van der Waals surface area contributed by atoms with Crippen molar-refractivity contribution in [3.63, 3.8) is 0 Å². The number of aliphatic hydroxyl groups is 1. The van der Waals surface area contributed by atoms with Gasteiger partial charge in [0.25, 0.3) is 0 Å². The Hall–Kier alpha value is -1.85. The first kappa shape index (κ1) is 17.5. The van der Waals surface area contributed by atoms with Gasteiger partial charge in [-0.1, -0.05) is 24.3 Å². The second-order valence-corrected chi connectivity index (χ2v) is 5.74. The quantitative estimate of drug-likeness (QED) is 0.720. The lowest BCUT2D eigenvalue weighted by Crippen LogP contribution is -2.38. The number of ether oxygens (including phenoxy) is 2. The topological polar surface area (TPSA) is 67.8 Å². The minimum Gasteiger partial charge on any atom is -0.497 e. The summed E-state index contributed by atoms with van der Waals surface area (Å²) in [6.45, 7) is 0.834. The molecule has 2 rings (SSSR count). The average molecular weight is 319 g/mol. The highest BCUT2D eigenvalue weighted by Crippen LogP contribution is 2.17. The van der Waals surface area contributed by atoms with Gasteiger partial charge >= 0.3 is 0 Å². The molecule has 0 radical (unpaired) electrons. The van der Waals surface area contributed by atoms with E-state index in [9.17, 15) is 9.90 Å². The van der Waals surface area contributed by atoms with Crippen molar-refractivity contribution >= 4 is 5.91 Å². The zero-order chi connectivity index (χ0) is 16.5. The minimum atomic E-state index is -0.698. The Labute approximate surface area is 137 Å². The number of hydrogen-bond acceptors (Lipinski definition) is 4. The summed E-state index contributed by atoms with van der Waals surface area (Å²) in [5.74, 6) is 0.852. The molecule has 5 heteroatoms. The van der Waals surface area contributed by atoms with Gasteiger partial charge in [-0.3, -0.25) is 4.79 Å². The molecule has 1 aromatic carbocycles. The first-order valence-corrected chi connectivity index (χ1v) is 8.00. The molecule has 0 unspecified atom stereocenters. The van der Waals surface area contributed by atoms with Gasteiger partial charge in [-0.25, -0.2) is 0 Å². The third-order valence-electron chi connectivity index (χ3n) is 3.89. The lowest BCUT2D eigenvalue weighted by molar-refractivity contribution is -0.125. The van der Waals surface area contributed by atoms with Gasteiger partial charge in [0.2, 0.25) is 5.91 Å². The molecule has 5 nitrogen and oxygen atoms in total. The van der Waals surface area contributed by atoms with E-state index in [1.54, 1.807) is 7.11 Å². The van der Waals surface area contributed by atoms with Crippen molar-refractivity contribution in [3.8, 4) is 5.75 Å². The van der Waals surface area contributed by atoms with E-state index in [1.807, 2.05) is 30.3 Å². The molecule has 1 aliphatic carbocycles. The third kappa shape index (κ3) is 6.04. The predicted molar refractivity (Wildman–Crippen MR) is 88.1 cm³/mol. The van der Waals surface area contributed by atoms with Crippen molar-refractivity contribution in [3.05, 3.63) is 42.0 Å². The summed E-state index contributed by atoms with van der Waals surface area (Å²) in [6, 6.07) is 7.58. The van der Waals surface area contributed by atoms with Crippen LogP contribution in [0.5, 0.6) is 5.75 Å². The minimum absolute atomic E-state index is 0.0172. The molecule has 2 atom stereocenters. The highest BCUT2D eigenvalue weighted by Gasteiger charge is 2.19. The number of aliphatic hydroxyl groups excluding tert-OH is 1. The molecule has 0 saturated heterocycles. The van der Waals surface area contributed by atoms with Crippen LogP contribution in [0.1, 0.15) is 24.8 Å². The largest absolute Gasteiger partial charge is 0.497 e. The van der Waals surface area contributed by atoms with Crippen LogP contribution < -0.4 is 10.1 Å². The molecule has 0 bridgehead atoms. The van der Waals surface area contributed by atoms with E-state index in [0.29, 0.717) is 6.61 Å². The number of amides is 1. The van der Waals surface area contributed by atoms with Crippen LogP contribution in [-0.2, 0) is 16.1 Å². The van der Waals surface area contributed by atoms with Gasteiger partial charge in [0.15, 0.2) is 0 Å². The van der Waals surface area contributed by atoms with Gasteiger partial charge in [0.1, 0.15) is 5.75 Å². The first-order valence-electron chi connectivity index (χ1n) is 8.00. The number of nitrogens with one attached hydrogen (secondary N) is 1. The van der Waals surface area contributed by atoms with Crippen LogP contribution in [0.15, 0.2) is 36.4 Å². The predicted octanol–water partition coefficient (Wildman–Crippen LogP) is 2.05. The van der Waals surface area contributed by atoms with Gasteiger partial charge in [0, 0.05) is 12.5 Å². The van der Waals surface area contributed by atoms with Crippen molar-refractivity contribution in [2.45, 2.75) is 32.0 Å². The summed E-state index contributed by atoms with van der Waals surface area (Å²) < 4.78 is 10.6. The maximum Gasteiger partial charge on any atom is 0.223 e. The van der Waals surface area contributed by atoms with Gasteiger partial charge in [-0.15, -0.1) is 0 Å². The molecule has 0 fully saturated rings. The van der Waals surface area contributed by atoms with Gasteiger partial charge in [-0.2, -0.15) is 0 Å². The number of rotatable bonds is 8. The van der Waals surface area contributed by atoms with Gasteiger partial charge < -0.3 is 19.9 Å². The number of carbonyl (C=O) groups excluding carboxylic acids is 1. The Morgan fingerprint density at radius 1 is 1.35 bits per heavy atom. The average Bonchev–Trinajstić information content (AvgIpc) is 2.61. The van der Waals surface area contributed by atoms with Crippen molar-refractivity contribution in [2.75, 3.05) is 20.3 Å². The molecule has 23 heavy (non-hydrogen) atoms. The van der Waals surface area contributed by atoms with Crippen LogP contribution in [-0.4, -0.2) is 37.4 Å². The van der Waals surface area contributed by atoms with Crippen LogP contribution in [0.4, 0.5) is 0 Å². The molecule has 0 aromatic heterocycles. The fraction of sp³-hybridized carbons (Fsp3) is 0.500. The summed E-state index contributed by atoms with van der Waals surface area (Å²) in [5, 5.41) is 12.7. The van der Waals surface area contributed by atoms with Crippen LogP contribution in [0.25, 0.3) is 0 Å². The van der Waals surface area contributed by atoms with E-state index < -0.39 is 6.10 Å². The van der Waals surface area contributed by atoms with Crippen molar-refractivity contribution in [1.29, 1.82) is 0 Å². The summed E-state index contributed by atoms with van der Waals surface area (Å²) in [6.07, 6.45) is 6.07. The van der Waals surface area contributed by atoms with Crippen LogP contribution >= 0.6 is 0 Å². The summed E-state index contributed by atoms with van der Waals surface area (Å²) >= 11 is 0. The molecule has 1 amide bonds. The Morgan fingerprint density at radius 2 is 2.13 bits per heavy atom. The van der Waals surface area contributed by atoms with E-state index in [4.69, 9.17) is 9.47 Å². The second kappa shape index (κ2) is 9.33. The standard InChI is InChI=1S/C18H25NO4/c1-22-17-9-7-14(8-10-17)12-23-13-16(20)11-19-18(21)15-5-3-2-4-6-15/h2-3,7-10,15-16,20H,4-6,11-13H2,1H3,(H,19,21)/t15-,16+/m1/s1. The molecule has 126 valence electrons. The van der Waals surface area contributed by atoms with E-state index in [2.05, 4.69) is 11.4 Å². The molecule has 0 saturated carbocycles. The molecule has 0 aliphatic heterocycles. The molecule has 0 heterocycles. The summed E-state index contributed by atoms with van der Waals surface area (Å²) in [7, 11) is 1.62. The zero-order valence-corrected chi connectivity index (χ0v) is 13.5.